The standard InChI is InChI=1S/C14H12F3NO6/c1-4-24-14(20)7(5-23-3)13(19)8-9(15)6(2)10(16)11(17)12(8)18(21)22/h5H,4H2,1-3H3. The van der Waals surface area contributed by atoms with Gasteiger partial charge in [-0.15, -0.1) is 0 Å². The van der Waals surface area contributed by atoms with E-state index in [-0.39, 0.29) is 6.61 Å². The molecule has 0 radical (unpaired) electrons. The Hall–Kier alpha value is -2.91. The summed E-state index contributed by atoms with van der Waals surface area (Å²) in [7, 11) is 1.05. The Morgan fingerprint density at radius 2 is 1.79 bits per heavy atom. The fourth-order valence-corrected chi connectivity index (χ4v) is 1.80. The normalized spacial score (nSPS) is 11.2. The summed E-state index contributed by atoms with van der Waals surface area (Å²) in [4.78, 5) is 33.6. The van der Waals surface area contributed by atoms with Crippen molar-refractivity contribution >= 4 is 17.4 Å². The van der Waals surface area contributed by atoms with Crippen LogP contribution >= 0.6 is 0 Å². The number of methoxy groups -OCH3 is 1. The van der Waals surface area contributed by atoms with Crippen molar-refractivity contribution < 1.29 is 37.2 Å². The number of hydrogen-bond acceptors (Lipinski definition) is 6. The van der Waals surface area contributed by atoms with E-state index in [4.69, 9.17) is 0 Å². The Balaban J connectivity index is 3.71. The van der Waals surface area contributed by atoms with Gasteiger partial charge in [0.1, 0.15) is 23.2 Å². The van der Waals surface area contributed by atoms with Crippen molar-refractivity contribution in [1.82, 2.24) is 0 Å². The van der Waals surface area contributed by atoms with E-state index in [1.807, 2.05) is 0 Å². The molecule has 1 aromatic rings. The molecule has 0 aliphatic rings. The van der Waals surface area contributed by atoms with Crippen molar-refractivity contribution in [3.05, 3.63) is 50.5 Å². The van der Waals surface area contributed by atoms with E-state index >= 15 is 0 Å². The lowest BCUT2D eigenvalue weighted by Gasteiger charge is -2.10. The van der Waals surface area contributed by atoms with Crippen LogP contribution in [0.2, 0.25) is 0 Å². The summed E-state index contributed by atoms with van der Waals surface area (Å²) in [5.41, 5.74) is -4.96. The maximum Gasteiger partial charge on any atom is 0.345 e. The fraction of sp³-hybridized carbons (Fsp3) is 0.286. The van der Waals surface area contributed by atoms with Crippen LogP contribution < -0.4 is 0 Å². The van der Waals surface area contributed by atoms with Gasteiger partial charge in [-0.3, -0.25) is 14.9 Å². The zero-order chi connectivity index (χ0) is 18.6. The minimum Gasteiger partial charge on any atom is -0.503 e. The topological polar surface area (TPSA) is 95.7 Å². The number of carbonyl (C=O) groups excluding carboxylic acids is 2. The number of rotatable bonds is 6. The molecule has 0 unspecified atom stereocenters. The number of nitrogens with zero attached hydrogens (tertiary/aromatic N) is 1. The smallest absolute Gasteiger partial charge is 0.345 e. The Morgan fingerprint density at radius 1 is 1.21 bits per heavy atom. The molecule has 0 aliphatic carbocycles. The number of hydrogen-bond donors (Lipinski definition) is 0. The van der Waals surface area contributed by atoms with Crippen LogP contribution in [0.5, 0.6) is 0 Å². The number of nitro benzene ring substituents is 1. The number of ether oxygens (including phenoxy) is 2. The van der Waals surface area contributed by atoms with Crippen LogP contribution in [0.4, 0.5) is 18.9 Å². The number of ketones is 1. The zero-order valence-corrected chi connectivity index (χ0v) is 12.8. The largest absolute Gasteiger partial charge is 0.503 e. The first-order chi connectivity index (χ1) is 11.2. The molecule has 7 nitrogen and oxygen atoms in total. The van der Waals surface area contributed by atoms with Crippen molar-refractivity contribution in [2.45, 2.75) is 13.8 Å². The summed E-state index contributed by atoms with van der Waals surface area (Å²) in [6, 6.07) is 0. The monoisotopic (exact) mass is 347 g/mol. The van der Waals surface area contributed by atoms with Crippen LogP contribution in [-0.2, 0) is 14.3 Å². The second-order valence-electron chi connectivity index (χ2n) is 4.36. The molecule has 130 valence electrons. The van der Waals surface area contributed by atoms with E-state index in [2.05, 4.69) is 9.47 Å². The zero-order valence-electron chi connectivity index (χ0n) is 12.8. The molecular formula is C14H12F3NO6. The fourth-order valence-electron chi connectivity index (χ4n) is 1.80. The van der Waals surface area contributed by atoms with Crippen molar-refractivity contribution in [2.24, 2.45) is 0 Å². The second kappa shape index (κ2) is 7.57. The predicted octanol–water partition coefficient (Wildman–Crippen LogP) is 2.60. The summed E-state index contributed by atoms with van der Waals surface area (Å²) >= 11 is 0. The first-order valence-corrected chi connectivity index (χ1v) is 6.45. The number of esters is 1. The first kappa shape index (κ1) is 19.1. The van der Waals surface area contributed by atoms with E-state index in [1.165, 1.54) is 6.92 Å². The predicted molar refractivity (Wildman–Crippen MR) is 73.8 cm³/mol. The first-order valence-electron chi connectivity index (χ1n) is 6.45. The maximum absolute atomic E-state index is 14.2. The van der Waals surface area contributed by atoms with Gasteiger partial charge >= 0.3 is 11.7 Å². The molecule has 0 aliphatic heterocycles. The molecule has 1 aromatic carbocycles. The highest BCUT2D eigenvalue weighted by Gasteiger charge is 2.37. The summed E-state index contributed by atoms with van der Waals surface area (Å²) < 4.78 is 50.6. The average Bonchev–Trinajstić information content (AvgIpc) is 2.52. The van der Waals surface area contributed by atoms with Gasteiger partial charge in [-0.1, -0.05) is 0 Å². The molecule has 0 N–H and O–H groups in total. The molecular weight excluding hydrogens is 335 g/mol. The van der Waals surface area contributed by atoms with Crippen LogP contribution in [-0.4, -0.2) is 30.4 Å². The highest BCUT2D eigenvalue weighted by atomic mass is 19.2. The molecule has 0 fully saturated rings. The number of carbonyl (C=O) groups is 2. The van der Waals surface area contributed by atoms with Crippen molar-refractivity contribution in [3.63, 3.8) is 0 Å². The third kappa shape index (κ3) is 3.36. The molecule has 0 heterocycles. The van der Waals surface area contributed by atoms with Gasteiger partial charge in [0.05, 0.1) is 18.6 Å². The van der Waals surface area contributed by atoms with Crippen molar-refractivity contribution in [3.8, 4) is 0 Å². The number of benzene rings is 1. The van der Waals surface area contributed by atoms with Gasteiger partial charge in [0, 0.05) is 5.56 Å². The summed E-state index contributed by atoms with van der Waals surface area (Å²) in [6.07, 6.45) is 0.570. The van der Waals surface area contributed by atoms with Gasteiger partial charge in [0.15, 0.2) is 5.82 Å². The van der Waals surface area contributed by atoms with Gasteiger partial charge < -0.3 is 9.47 Å². The third-order valence-electron chi connectivity index (χ3n) is 2.90. The van der Waals surface area contributed by atoms with E-state index in [1.54, 1.807) is 0 Å². The van der Waals surface area contributed by atoms with Crippen molar-refractivity contribution in [2.75, 3.05) is 13.7 Å². The molecule has 0 spiro atoms. The van der Waals surface area contributed by atoms with Gasteiger partial charge in [-0.2, -0.15) is 4.39 Å². The lowest BCUT2D eigenvalue weighted by molar-refractivity contribution is -0.388. The van der Waals surface area contributed by atoms with Crippen LogP contribution in [0.15, 0.2) is 11.8 Å². The molecule has 0 amide bonds. The van der Waals surface area contributed by atoms with Crippen LogP contribution in [0.1, 0.15) is 22.8 Å². The average molecular weight is 347 g/mol. The van der Waals surface area contributed by atoms with Crippen LogP contribution in [0.25, 0.3) is 0 Å². The Kier molecular flexibility index (Phi) is 6.04. The van der Waals surface area contributed by atoms with E-state index < -0.39 is 56.5 Å². The Labute approximate surface area is 133 Å². The van der Waals surface area contributed by atoms with Gasteiger partial charge in [-0.25, -0.2) is 13.6 Å². The lowest BCUT2D eigenvalue weighted by Crippen LogP contribution is -2.20. The van der Waals surface area contributed by atoms with E-state index in [9.17, 15) is 32.9 Å². The number of nitro groups is 1. The lowest BCUT2D eigenvalue weighted by atomic mass is 9.98. The molecule has 10 heteroatoms. The molecule has 0 bridgehead atoms. The summed E-state index contributed by atoms with van der Waals surface area (Å²) in [6.45, 7) is 2.05. The highest BCUT2D eigenvalue weighted by Crippen LogP contribution is 2.32. The van der Waals surface area contributed by atoms with Crippen LogP contribution in [0, 0.1) is 34.5 Å². The number of halogens is 3. The van der Waals surface area contributed by atoms with E-state index in [0.717, 1.165) is 14.0 Å². The van der Waals surface area contributed by atoms with Crippen LogP contribution in [0.3, 0.4) is 0 Å². The quantitative estimate of drug-likeness (QED) is 0.0903. The maximum atomic E-state index is 14.2. The number of Topliss-reactive ketones (excluding diaryl/α,β-unsaturated/α-hetero) is 1. The second-order valence-corrected chi connectivity index (χ2v) is 4.36. The molecule has 0 saturated carbocycles. The minimum atomic E-state index is -2.01. The Bertz CT molecular complexity index is 745. The third-order valence-corrected chi connectivity index (χ3v) is 2.90. The molecule has 24 heavy (non-hydrogen) atoms. The summed E-state index contributed by atoms with van der Waals surface area (Å²) in [5.74, 6) is -8.30. The van der Waals surface area contributed by atoms with E-state index in [0.29, 0.717) is 6.26 Å². The van der Waals surface area contributed by atoms with Crippen molar-refractivity contribution in [1.29, 1.82) is 0 Å². The molecule has 0 aromatic heterocycles. The SMILES string of the molecule is CCOC(=O)C(=COC)C(=O)c1c(F)c(C)c(F)c(F)c1[N+](=O)[O-]. The minimum absolute atomic E-state index is 0.158. The highest BCUT2D eigenvalue weighted by molar-refractivity contribution is 6.25. The molecule has 0 atom stereocenters. The molecule has 1 rings (SSSR count). The molecule has 0 saturated heterocycles. The van der Waals surface area contributed by atoms with Gasteiger partial charge in [-0.05, 0) is 13.8 Å². The summed E-state index contributed by atoms with van der Waals surface area (Å²) in [5, 5.41) is 11.0. The van der Waals surface area contributed by atoms with Gasteiger partial charge in [0.2, 0.25) is 11.6 Å². The van der Waals surface area contributed by atoms with Gasteiger partial charge in [0.25, 0.3) is 0 Å². The Morgan fingerprint density at radius 3 is 2.25 bits per heavy atom.